The Morgan fingerprint density at radius 1 is 1.38 bits per heavy atom. The maximum absolute atomic E-state index is 11.9. The minimum absolute atomic E-state index is 0.0926. The van der Waals surface area contributed by atoms with Gasteiger partial charge in [-0.2, -0.15) is 5.10 Å². The molecule has 2 aromatic rings. The van der Waals surface area contributed by atoms with Crippen LogP contribution in [0.5, 0.6) is 5.75 Å². The highest BCUT2D eigenvalue weighted by Crippen LogP contribution is 2.10. The number of carbonyl (C=O) groups excluding carboxylic acids is 1. The molecule has 0 spiro atoms. The monoisotopic (exact) mass is 287 g/mol. The van der Waals surface area contributed by atoms with E-state index >= 15 is 0 Å². The summed E-state index contributed by atoms with van der Waals surface area (Å²) in [7, 11) is 1.90. The van der Waals surface area contributed by atoms with Gasteiger partial charge in [0.05, 0.1) is 6.20 Å². The van der Waals surface area contributed by atoms with Crippen LogP contribution in [0.1, 0.15) is 18.9 Å². The van der Waals surface area contributed by atoms with Crippen LogP contribution in [0.2, 0.25) is 0 Å². The summed E-state index contributed by atoms with van der Waals surface area (Å²) >= 11 is 0. The maximum atomic E-state index is 11.9. The van der Waals surface area contributed by atoms with Crippen LogP contribution in [0.4, 0.5) is 0 Å². The second-order valence-electron chi connectivity index (χ2n) is 4.99. The summed E-state index contributed by atoms with van der Waals surface area (Å²) < 4.78 is 7.35. The van der Waals surface area contributed by atoms with Crippen molar-refractivity contribution in [2.75, 3.05) is 6.54 Å². The van der Waals surface area contributed by atoms with Crippen molar-refractivity contribution in [2.24, 2.45) is 7.05 Å². The summed E-state index contributed by atoms with van der Waals surface area (Å²) in [4.78, 5) is 11.9. The van der Waals surface area contributed by atoms with Crippen LogP contribution >= 0.6 is 0 Å². The number of hydrogen-bond acceptors (Lipinski definition) is 3. The molecule has 0 aliphatic rings. The minimum atomic E-state index is -0.495. The number of hydrogen-bond donors (Lipinski definition) is 1. The second kappa shape index (κ2) is 7.47. The van der Waals surface area contributed by atoms with Gasteiger partial charge in [-0.25, -0.2) is 0 Å². The highest BCUT2D eigenvalue weighted by Gasteiger charge is 2.13. The van der Waals surface area contributed by atoms with Gasteiger partial charge in [-0.15, -0.1) is 0 Å². The lowest BCUT2D eigenvalue weighted by Crippen LogP contribution is -2.36. The summed E-state index contributed by atoms with van der Waals surface area (Å²) in [5.74, 6) is 0.612. The molecule has 1 amide bonds. The molecule has 0 unspecified atom stereocenters. The predicted octanol–water partition coefficient (Wildman–Crippen LogP) is 1.94. The van der Waals surface area contributed by atoms with Gasteiger partial charge in [-0.1, -0.05) is 18.2 Å². The van der Waals surface area contributed by atoms with Gasteiger partial charge in [-0.05, 0) is 37.5 Å². The first-order chi connectivity index (χ1) is 10.1. The molecule has 1 aromatic carbocycles. The Balaban J connectivity index is 1.67. The number of nitrogens with zero attached hydrogens (tertiary/aromatic N) is 2. The SMILES string of the molecule is C[C@H](Oc1ccccc1)C(=O)NCCCc1cnn(C)c1. The van der Waals surface area contributed by atoms with Gasteiger partial charge in [0.25, 0.3) is 5.91 Å². The molecule has 1 heterocycles. The Bertz CT molecular complexity index is 566. The van der Waals surface area contributed by atoms with E-state index in [1.807, 2.05) is 49.8 Å². The van der Waals surface area contributed by atoms with E-state index < -0.39 is 6.10 Å². The fraction of sp³-hybridized carbons (Fsp3) is 0.375. The standard InChI is InChI=1S/C16H21N3O2/c1-13(21-15-8-4-3-5-9-15)16(20)17-10-6-7-14-11-18-19(2)12-14/h3-5,8-9,11-13H,6-7,10H2,1-2H3,(H,17,20)/t13-/m0/s1. The first-order valence-electron chi connectivity index (χ1n) is 7.12. The average Bonchev–Trinajstić information content (AvgIpc) is 2.90. The van der Waals surface area contributed by atoms with Crippen LogP contribution < -0.4 is 10.1 Å². The zero-order valence-corrected chi connectivity index (χ0v) is 12.5. The summed E-state index contributed by atoms with van der Waals surface area (Å²) in [6.45, 7) is 2.39. The molecule has 0 radical (unpaired) electrons. The highest BCUT2D eigenvalue weighted by atomic mass is 16.5. The van der Waals surface area contributed by atoms with E-state index in [2.05, 4.69) is 10.4 Å². The topological polar surface area (TPSA) is 56.1 Å². The van der Waals surface area contributed by atoms with E-state index in [0.717, 1.165) is 12.8 Å². The molecule has 0 aliphatic carbocycles. The van der Waals surface area contributed by atoms with E-state index in [4.69, 9.17) is 4.74 Å². The number of rotatable bonds is 7. The summed E-state index contributed by atoms with van der Waals surface area (Å²) in [5, 5.41) is 7.00. The van der Waals surface area contributed by atoms with Crippen molar-refractivity contribution < 1.29 is 9.53 Å². The van der Waals surface area contributed by atoms with E-state index in [1.54, 1.807) is 11.6 Å². The molecule has 2 rings (SSSR count). The highest BCUT2D eigenvalue weighted by molar-refractivity contribution is 5.80. The molecule has 0 aliphatic heterocycles. The Hall–Kier alpha value is -2.30. The zero-order valence-electron chi connectivity index (χ0n) is 12.5. The normalized spacial score (nSPS) is 11.9. The van der Waals surface area contributed by atoms with Crippen LogP contribution in [0.3, 0.4) is 0 Å². The number of amides is 1. The third kappa shape index (κ3) is 4.95. The average molecular weight is 287 g/mol. The summed E-state index contributed by atoms with van der Waals surface area (Å²) in [5.41, 5.74) is 1.18. The third-order valence-corrected chi connectivity index (χ3v) is 3.13. The number of carbonyl (C=O) groups is 1. The van der Waals surface area contributed by atoms with E-state index in [-0.39, 0.29) is 5.91 Å². The van der Waals surface area contributed by atoms with Crippen molar-refractivity contribution in [3.8, 4) is 5.75 Å². The van der Waals surface area contributed by atoms with Gasteiger partial charge in [0.2, 0.25) is 0 Å². The molecule has 0 saturated heterocycles. The lowest BCUT2D eigenvalue weighted by atomic mass is 10.2. The van der Waals surface area contributed by atoms with Crippen molar-refractivity contribution in [3.05, 3.63) is 48.3 Å². The first-order valence-corrected chi connectivity index (χ1v) is 7.12. The number of benzene rings is 1. The smallest absolute Gasteiger partial charge is 0.260 e. The molecule has 5 heteroatoms. The Morgan fingerprint density at radius 2 is 2.14 bits per heavy atom. The quantitative estimate of drug-likeness (QED) is 0.792. The van der Waals surface area contributed by atoms with Crippen LogP contribution in [0.25, 0.3) is 0 Å². The van der Waals surface area contributed by atoms with Crippen molar-refractivity contribution in [2.45, 2.75) is 25.9 Å². The third-order valence-electron chi connectivity index (χ3n) is 3.13. The van der Waals surface area contributed by atoms with Gasteiger partial charge < -0.3 is 10.1 Å². The Labute approximate surface area is 124 Å². The molecular weight excluding hydrogens is 266 g/mol. The molecule has 1 atom stereocenters. The number of aromatic nitrogens is 2. The largest absolute Gasteiger partial charge is 0.481 e. The number of nitrogens with one attached hydrogen (secondary N) is 1. The molecule has 5 nitrogen and oxygen atoms in total. The molecular formula is C16H21N3O2. The lowest BCUT2D eigenvalue weighted by molar-refractivity contribution is -0.127. The van der Waals surface area contributed by atoms with Gasteiger partial charge >= 0.3 is 0 Å². The van der Waals surface area contributed by atoms with Crippen LogP contribution in [0, 0.1) is 0 Å². The van der Waals surface area contributed by atoms with Crippen molar-refractivity contribution in [1.29, 1.82) is 0 Å². The molecule has 1 aromatic heterocycles. The zero-order chi connectivity index (χ0) is 15.1. The maximum Gasteiger partial charge on any atom is 0.260 e. The van der Waals surface area contributed by atoms with Gasteiger partial charge in [0.1, 0.15) is 5.75 Å². The molecule has 0 fully saturated rings. The molecule has 0 saturated carbocycles. The molecule has 112 valence electrons. The summed E-state index contributed by atoms with van der Waals surface area (Å²) in [6, 6.07) is 9.36. The molecule has 21 heavy (non-hydrogen) atoms. The van der Waals surface area contributed by atoms with E-state index in [1.165, 1.54) is 5.56 Å². The van der Waals surface area contributed by atoms with Crippen LogP contribution in [-0.2, 0) is 18.3 Å². The predicted molar refractivity (Wildman–Crippen MR) is 81.1 cm³/mol. The molecule has 0 bridgehead atoms. The summed E-state index contributed by atoms with van der Waals surface area (Å²) in [6.07, 6.45) is 5.13. The van der Waals surface area contributed by atoms with Gasteiger partial charge in [-0.3, -0.25) is 9.48 Å². The lowest BCUT2D eigenvalue weighted by Gasteiger charge is -2.14. The van der Waals surface area contributed by atoms with Crippen LogP contribution in [0.15, 0.2) is 42.7 Å². The number of para-hydroxylation sites is 1. The minimum Gasteiger partial charge on any atom is -0.481 e. The van der Waals surface area contributed by atoms with Gasteiger partial charge in [0, 0.05) is 19.8 Å². The van der Waals surface area contributed by atoms with E-state index in [0.29, 0.717) is 12.3 Å². The van der Waals surface area contributed by atoms with Crippen molar-refractivity contribution in [3.63, 3.8) is 0 Å². The first kappa shape index (κ1) is 15.1. The second-order valence-corrected chi connectivity index (χ2v) is 4.99. The fourth-order valence-electron chi connectivity index (χ4n) is 2.01. The van der Waals surface area contributed by atoms with Crippen LogP contribution in [-0.4, -0.2) is 28.3 Å². The van der Waals surface area contributed by atoms with Gasteiger partial charge in [0.15, 0.2) is 6.10 Å². The van der Waals surface area contributed by atoms with E-state index in [9.17, 15) is 4.79 Å². The van der Waals surface area contributed by atoms with Crippen molar-refractivity contribution in [1.82, 2.24) is 15.1 Å². The fourth-order valence-corrected chi connectivity index (χ4v) is 2.01. The number of aryl methyl sites for hydroxylation is 2. The number of ether oxygens (including phenoxy) is 1. The Morgan fingerprint density at radius 3 is 2.81 bits per heavy atom. The Kier molecular flexibility index (Phi) is 5.37. The van der Waals surface area contributed by atoms with Crippen molar-refractivity contribution >= 4 is 5.91 Å². The molecule has 1 N–H and O–H groups in total.